The second-order valence-electron chi connectivity index (χ2n) is 6.94. The van der Waals surface area contributed by atoms with Gasteiger partial charge in [-0.2, -0.15) is 0 Å². The van der Waals surface area contributed by atoms with E-state index in [9.17, 15) is 5.11 Å². The lowest BCUT2D eigenvalue weighted by Crippen LogP contribution is -2.49. The van der Waals surface area contributed by atoms with Crippen molar-refractivity contribution in [3.8, 4) is 0 Å². The summed E-state index contributed by atoms with van der Waals surface area (Å²) in [5.74, 6) is 2.77. The van der Waals surface area contributed by atoms with Crippen LogP contribution in [0.1, 0.15) is 45.8 Å². The number of hydrogen-bond acceptors (Lipinski definition) is 3. The van der Waals surface area contributed by atoms with Crippen LogP contribution in [-0.4, -0.2) is 30.7 Å². The molecule has 0 aliphatic heterocycles. The van der Waals surface area contributed by atoms with Crippen LogP contribution in [0, 0.1) is 11.8 Å². The smallest absolute Gasteiger partial charge is 0.191 e. The van der Waals surface area contributed by atoms with E-state index in [4.69, 9.17) is 4.42 Å². The Morgan fingerprint density at radius 1 is 1.36 bits per heavy atom. The number of nitrogens with one attached hydrogen (secondary N) is 2. The maximum Gasteiger partial charge on any atom is 0.191 e. The van der Waals surface area contributed by atoms with E-state index in [0.717, 1.165) is 17.8 Å². The van der Waals surface area contributed by atoms with Crippen molar-refractivity contribution >= 4 is 5.96 Å². The molecule has 1 saturated carbocycles. The van der Waals surface area contributed by atoms with E-state index in [1.807, 2.05) is 0 Å². The average molecular weight is 307 g/mol. The zero-order valence-corrected chi connectivity index (χ0v) is 14.1. The Balaban J connectivity index is 1.87. The number of aliphatic imine (C=N–C) groups is 1. The van der Waals surface area contributed by atoms with Gasteiger partial charge in [0.15, 0.2) is 5.96 Å². The van der Waals surface area contributed by atoms with E-state index >= 15 is 0 Å². The summed E-state index contributed by atoms with van der Waals surface area (Å²) in [6.45, 7) is 6.69. The molecule has 1 aromatic heterocycles. The van der Waals surface area contributed by atoms with E-state index in [2.05, 4.69) is 29.5 Å². The molecule has 0 radical (unpaired) electrons. The molecule has 3 unspecified atom stereocenters. The van der Waals surface area contributed by atoms with Crippen LogP contribution in [0.25, 0.3) is 0 Å². The van der Waals surface area contributed by atoms with Crippen LogP contribution in [0.3, 0.4) is 0 Å². The molecule has 5 nitrogen and oxygen atoms in total. The van der Waals surface area contributed by atoms with Crippen LogP contribution >= 0.6 is 0 Å². The summed E-state index contributed by atoms with van der Waals surface area (Å²) in [6, 6.07) is 4.00. The molecule has 124 valence electrons. The first kappa shape index (κ1) is 16.9. The van der Waals surface area contributed by atoms with E-state index in [1.165, 1.54) is 19.3 Å². The fourth-order valence-electron chi connectivity index (χ4n) is 3.38. The lowest BCUT2D eigenvalue weighted by atomic mass is 9.80. The minimum atomic E-state index is -1.06. The van der Waals surface area contributed by atoms with Gasteiger partial charge in [-0.15, -0.1) is 0 Å². The average Bonchev–Trinajstić information content (AvgIpc) is 2.97. The van der Waals surface area contributed by atoms with Gasteiger partial charge in [-0.25, -0.2) is 0 Å². The predicted molar refractivity (Wildman–Crippen MR) is 88.7 cm³/mol. The van der Waals surface area contributed by atoms with E-state index in [0.29, 0.717) is 18.3 Å². The van der Waals surface area contributed by atoms with Crippen LogP contribution in [0.5, 0.6) is 0 Å². The van der Waals surface area contributed by atoms with Crippen molar-refractivity contribution in [3.05, 3.63) is 24.2 Å². The quantitative estimate of drug-likeness (QED) is 0.590. The lowest BCUT2D eigenvalue weighted by molar-refractivity contribution is 0.0385. The largest absolute Gasteiger partial charge is 0.466 e. The van der Waals surface area contributed by atoms with Crippen molar-refractivity contribution in [2.75, 3.05) is 13.6 Å². The highest BCUT2D eigenvalue weighted by Gasteiger charge is 2.28. The first-order chi connectivity index (χ1) is 10.4. The SMILES string of the molecule is CN=C(NCC(C)(O)c1ccco1)NC1CC(C)CC(C)C1. The van der Waals surface area contributed by atoms with E-state index < -0.39 is 5.60 Å². The number of nitrogens with zero attached hydrogens (tertiary/aromatic N) is 1. The van der Waals surface area contributed by atoms with Crippen LogP contribution in [0.4, 0.5) is 0 Å². The van der Waals surface area contributed by atoms with Crippen molar-refractivity contribution in [1.82, 2.24) is 10.6 Å². The summed E-state index contributed by atoms with van der Waals surface area (Å²) >= 11 is 0. The van der Waals surface area contributed by atoms with Gasteiger partial charge in [0.25, 0.3) is 0 Å². The van der Waals surface area contributed by atoms with Gasteiger partial charge in [-0.05, 0) is 50.2 Å². The molecule has 0 saturated heterocycles. The third-order valence-electron chi connectivity index (χ3n) is 4.40. The molecule has 1 heterocycles. The fourth-order valence-corrected chi connectivity index (χ4v) is 3.38. The molecule has 0 amide bonds. The molecular weight excluding hydrogens is 278 g/mol. The molecule has 2 rings (SSSR count). The van der Waals surface area contributed by atoms with Gasteiger partial charge < -0.3 is 20.2 Å². The second kappa shape index (κ2) is 7.18. The lowest BCUT2D eigenvalue weighted by Gasteiger charge is -2.33. The maximum atomic E-state index is 10.5. The molecule has 1 aliphatic carbocycles. The number of aliphatic hydroxyl groups is 1. The fraction of sp³-hybridized carbons (Fsp3) is 0.706. The van der Waals surface area contributed by atoms with E-state index in [1.54, 1.807) is 32.4 Å². The third kappa shape index (κ3) is 4.50. The molecule has 3 atom stereocenters. The first-order valence-corrected chi connectivity index (χ1v) is 8.14. The maximum absolute atomic E-state index is 10.5. The summed E-state index contributed by atoms with van der Waals surface area (Å²) < 4.78 is 5.29. The molecule has 1 aliphatic rings. The van der Waals surface area contributed by atoms with Gasteiger partial charge in [0.1, 0.15) is 11.4 Å². The Kier molecular flexibility index (Phi) is 5.51. The minimum absolute atomic E-state index is 0.345. The molecule has 0 bridgehead atoms. The highest BCUT2D eigenvalue weighted by Crippen LogP contribution is 2.28. The van der Waals surface area contributed by atoms with Gasteiger partial charge in [0.2, 0.25) is 0 Å². The standard InChI is InChI=1S/C17H29N3O2/c1-12-8-13(2)10-14(9-12)20-16(18-4)19-11-17(3,21)15-6-5-7-22-15/h5-7,12-14,21H,8-11H2,1-4H3,(H2,18,19,20). The first-order valence-electron chi connectivity index (χ1n) is 8.14. The van der Waals surface area contributed by atoms with E-state index in [-0.39, 0.29) is 0 Å². The topological polar surface area (TPSA) is 69.8 Å². The van der Waals surface area contributed by atoms with Gasteiger partial charge in [0.05, 0.1) is 12.8 Å². The van der Waals surface area contributed by atoms with Crippen molar-refractivity contribution in [2.24, 2.45) is 16.8 Å². The predicted octanol–water partition coefficient (Wildman–Crippen LogP) is 2.48. The van der Waals surface area contributed by atoms with Gasteiger partial charge in [-0.1, -0.05) is 13.8 Å². The highest BCUT2D eigenvalue weighted by molar-refractivity contribution is 5.80. The molecule has 0 aromatic carbocycles. The Bertz CT molecular complexity index is 472. The Morgan fingerprint density at radius 3 is 2.59 bits per heavy atom. The number of hydrogen-bond donors (Lipinski definition) is 3. The molecular formula is C17H29N3O2. The molecule has 0 spiro atoms. The van der Waals surface area contributed by atoms with Crippen LogP contribution < -0.4 is 10.6 Å². The zero-order chi connectivity index (χ0) is 16.2. The summed E-state index contributed by atoms with van der Waals surface area (Å²) in [5, 5.41) is 17.2. The normalized spacial score (nSPS) is 29.0. The number of guanidine groups is 1. The Labute approximate surface area is 133 Å². The van der Waals surface area contributed by atoms with Crippen LogP contribution in [0.15, 0.2) is 27.8 Å². The van der Waals surface area contributed by atoms with Gasteiger partial charge in [-0.3, -0.25) is 4.99 Å². The third-order valence-corrected chi connectivity index (χ3v) is 4.40. The Morgan fingerprint density at radius 2 is 2.05 bits per heavy atom. The summed E-state index contributed by atoms with van der Waals surface area (Å²) in [7, 11) is 1.76. The molecule has 3 N–H and O–H groups in total. The molecule has 22 heavy (non-hydrogen) atoms. The molecule has 1 fully saturated rings. The second-order valence-corrected chi connectivity index (χ2v) is 6.94. The van der Waals surface area contributed by atoms with Crippen molar-refractivity contribution in [1.29, 1.82) is 0 Å². The van der Waals surface area contributed by atoms with Gasteiger partial charge in [0, 0.05) is 13.1 Å². The summed E-state index contributed by atoms with van der Waals surface area (Å²) in [5.41, 5.74) is -1.06. The number of rotatable bonds is 4. The minimum Gasteiger partial charge on any atom is -0.466 e. The number of furan rings is 1. The molecule has 5 heteroatoms. The zero-order valence-electron chi connectivity index (χ0n) is 14.1. The van der Waals surface area contributed by atoms with Crippen LogP contribution in [-0.2, 0) is 5.60 Å². The summed E-state index contributed by atoms with van der Waals surface area (Å²) in [6.07, 6.45) is 5.21. The monoisotopic (exact) mass is 307 g/mol. The van der Waals surface area contributed by atoms with Crippen molar-refractivity contribution in [2.45, 2.75) is 51.7 Å². The summed E-state index contributed by atoms with van der Waals surface area (Å²) in [4.78, 5) is 4.27. The molecule has 1 aromatic rings. The van der Waals surface area contributed by atoms with Gasteiger partial charge >= 0.3 is 0 Å². The van der Waals surface area contributed by atoms with Crippen LogP contribution in [0.2, 0.25) is 0 Å². The van der Waals surface area contributed by atoms with Crippen molar-refractivity contribution < 1.29 is 9.52 Å². The highest BCUT2D eigenvalue weighted by atomic mass is 16.4. The Hall–Kier alpha value is -1.49. The van der Waals surface area contributed by atoms with Crippen molar-refractivity contribution in [3.63, 3.8) is 0 Å².